The Morgan fingerprint density at radius 2 is 1.88 bits per heavy atom. The maximum absolute atomic E-state index is 12.6. The van der Waals surface area contributed by atoms with Gasteiger partial charge in [-0.15, -0.1) is 12.4 Å². The fourth-order valence-corrected chi connectivity index (χ4v) is 1.64. The van der Waals surface area contributed by atoms with Crippen molar-refractivity contribution in [3.8, 4) is 0 Å². The maximum Gasteiger partial charge on any atom is 0.416 e. The van der Waals surface area contributed by atoms with Gasteiger partial charge in [-0.3, -0.25) is 4.98 Å². The van der Waals surface area contributed by atoms with Crippen LogP contribution >= 0.6 is 12.4 Å². The van der Waals surface area contributed by atoms with Crippen molar-refractivity contribution in [2.75, 3.05) is 5.32 Å². The monoisotopic (exact) mass is 358 g/mol. The van der Waals surface area contributed by atoms with E-state index < -0.39 is 11.7 Å². The van der Waals surface area contributed by atoms with E-state index >= 15 is 0 Å². The zero-order valence-electron chi connectivity index (χ0n) is 12.2. The highest BCUT2D eigenvalue weighted by molar-refractivity contribution is 6.01. The zero-order chi connectivity index (χ0) is 16.9. The summed E-state index contributed by atoms with van der Waals surface area (Å²) in [6.45, 7) is 0. The third kappa shape index (κ3) is 5.76. The smallest absolute Gasteiger partial charge is 0.369 e. The topological polar surface area (TPSA) is 102 Å². The van der Waals surface area contributed by atoms with Gasteiger partial charge in [0.1, 0.15) is 0 Å². The number of rotatable bonds is 2. The third-order valence-corrected chi connectivity index (χ3v) is 2.59. The minimum Gasteiger partial charge on any atom is -0.369 e. The molecule has 1 heterocycles. The van der Waals surface area contributed by atoms with Crippen LogP contribution in [-0.4, -0.2) is 16.9 Å². The summed E-state index contributed by atoms with van der Waals surface area (Å²) in [4.78, 5) is 11.4. The highest BCUT2D eigenvalue weighted by Crippen LogP contribution is 2.31. The molecule has 0 atom stereocenters. The van der Waals surface area contributed by atoms with Crippen molar-refractivity contribution in [2.24, 2.45) is 21.5 Å². The number of benzene rings is 1. The van der Waals surface area contributed by atoms with E-state index in [-0.39, 0.29) is 30.0 Å². The summed E-state index contributed by atoms with van der Waals surface area (Å²) in [6.07, 6.45) is -1.35. The predicted molar refractivity (Wildman–Crippen MR) is 89.5 cm³/mol. The number of guanidine groups is 2. The van der Waals surface area contributed by atoms with Crippen LogP contribution in [0.4, 0.5) is 24.5 Å². The Hall–Kier alpha value is -2.81. The van der Waals surface area contributed by atoms with Crippen LogP contribution in [-0.2, 0) is 6.18 Å². The number of hydrogen-bond acceptors (Lipinski definition) is 2. The molecule has 0 saturated heterocycles. The Morgan fingerprint density at radius 1 is 1.12 bits per heavy atom. The first-order valence-corrected chi connectivity index (χ1v) is 6.37. The second-order valence-electron chi connectivity index (χ2n) is 4.38. The molecule has 0 aliphatic rings. The zero-order valence-corrected chi connectivity index (χ0v) is 13.0. The fraction of sp³-hybridized carbons (Fsp3) is 0.0714. The van der Waals surface area contributed by atoms with Gasteiger partial charge in [-0.25, -0.2) is 4.99 Å². The van der Waals surface area contributed by atoms with Crippen molar-refractivity contribution < 1.29 is 13.2 Å². The second-order valence-corrected chi connectivity index (χ2v) is 4.38. The van der Waals surface area contributed by atoms with Crippen LogP contribution in [0.15, 0.2) is 58.8 Å². The summed E-state index contributed by atoms with van der Waals surface area (Å²) < 4.78 is 37.8. The maximum atomic E-state index is 12.6. The molecule has 1 aromatic carbocycles. The average molecular weight is 359 g/mol. The largest absolute Gasteiger partial charge is 0.416 e. The van der Waals surface area contributed by atoms with Gasteiger partial charge in [-0.05, 0) is 30.3 Å². The Morgan fingerprint density at radius 3 is 2.50 bits per heavy atom. The van der Waals surface area contributed by atoms with Gasteiger partial charge in [-0.2, -0.15) is 18.2 Å². The third-order valence-electron chi connectivity index (χ3n) is 2.59. The molecule has 2 rings (SSSR count). The van der Waals surface area contributed by atoms with Gasteiger partial charge in [0.15, 0.2) is 0 Å². The minimum atomic E-state index is -4.45. The van der Waals surface area contributed by atoms with Crippen molar-refractivity contribution in [2.45, 2.75) is 6.18 Å². The first-order valence-electron chi connectivity index (χ1n) is 6.37. The average Bonchev–Trinajstić information content (AvgIpc) is 2.47. The molecule has 128 valence electrons. The number of pyridine rings is 1. The molecule has 0 aliphatic carbocycles. The number of nitrogens with one attached hydrogen (secondary N) is 1. The number of hydrogen-bond donors (Lipinski definition) is 3. The van der Waals surface area contributed by atoms with Crippen LogP contribution in [0.2, 0.25) is 0 Å². The predicted octanol–water partition coefficient (Wildman–Crippen LogP) is 2.90. The van der Waals surface area contributed by atoms with Crippen molar-refractivity contribution in [3.63, 3.8) is 0 Å². The van der Waals surface area contributed by atoms with Gasteiger partial charge >= 0.3 is 6.18 Å². The second kappa shape index (κ2) is 8.16. The van der Waals surface area contributed by atoms with Crippen molar-refractivity contribution >= 4 is 35.7 Å². The lowest BCUT2D eigenvalue weighted by atomic mass is 10.2. The minimum absolute atomic E-state index is 0. The van der Waals surface area contributed by atoms with E-state index in [1.54, 1.807) is 18.3 Å². The summed E-state index contributed by atoms with van der Waals surface area (Å²) in [5, 5.41) is 2.72. The highest BCUT2D eigenvalue weighted by Gasteiger charge is 2.30. The Labute approximate surface area is 141 Å². The standard InChI is InChI=1S/C14H13F3N6.ClH/c15-14(16,17)9-3-1-4-10(7-9)21-12(18)23-13(19)22-11-5-2-6-20-8-11;/h1-8H,(H5,18,19,21,22,23);1H. The fourth-order valence-electron chi connectivity index (χ4n) is 1.64. The first-order chi connectivity index (χ1) is 10.8. The molecular formula is C14H14ClF3N6. The van der Waals surface area contributed by atoms with Crippen LogP contribution in [0.1, 0.15) is 5.56 Å². The number of aromatic nitrogens is 1. The molecule has 2 aromatic rings. The molecule has 0 bridgehead atoms. The lowest BCUT2D eigenvalue weighted by molar-refractivity contribution is -0.137. The lowest BCUT2D eigenvalue weighted by Gasteiger charge is -2.07. The summed E-state index contributed by atoms with van der Waals surface area (Å²) in [7, 11) is 0. The first kappa shape index (κ1) is 19.2. The van der Waals surface area contributed by atoms with Crippen LogP contribution in [0.3, 0.4) is 0 Å². The quantitative estimate of drug-likeness (QED) is 0.567. The van der Waals surface area contributed by atoms with Crippen LogP contribution in [0.5, 0.6) is 0 Å². The van der Waals surface area contributed by atoms with Gasteiger partial charge < -0.3 is 16.8 Å². The molecule has 10 heteroatoms. The molecule has 0 fully saturated rings. The van der Waals surface area contributed by atoms with Gasteiger partial charge in [0, 0.05) is 6.20 Å². The van der Waals surface area contributed by atoms with Gasteiger partial charge in [0.05, 0.1) is 23.1 Å². The van der Waals surface area contributed by atoms with Crippen molar-refractivity contribution in [3.05, 3.63) is 54.4 Å². The lowest BCUT2D eigenvalue weighted by Crippen LogP contribution is -2.26. The van der Waals surface area contributed by atoms with E-state index in [4.69, 9.17) is 11.5 Å². The number of alkyl halides is 3. The van der Waals surface area contributed by atoms with E-state index in [1.807, 2.05) is 0 Å². The van der Waals surface area contributed by atoms with Crippen molar-refractivity contribution in [1.82, 2.24) is 4.98 Å². The molecule has 0 saturated carbocycles. The molecule has 0 spiro atoms. The SMILES string of the molecule is Cl.NC(=Nc1cccc(C(F)(F)F)c1)N=C(N)Nc1cccnc1. The molecule has 6 nitrogen and oxygen atoms in total. The molecule has 0 aliphatic heterocycles. The van der Waals surface area contributed by atoms with Gasteiger partial charge in [0.2, 0.25) is 11.9 Å². The molecule has 1 aromatic heterocycles. The Bertz CT molecular complexity index is 731. The van der Waals surface area contributed by atoms with E-state index in [0.717, 1.165) is 12.1 Å². The van der Waals surface area contributed by atoms with E-state index in [9.17, 15) is 13.2 Å². The number of halogens is 4. The van der Waals surface area contributed by atoms with Gasteiger partial charge in [-0.1, -0.05) is 6.07 Å². The molecule has 0 radical (unpaired) electrons. The molecular weight excluding hydrogens is 345 g/mol. The van der Waals surface area contributed by atoms with Crippen molar-refractivity contribution in [1.29, 1.82) is 0 Å². The molecule has 5 N–H and O–H groups in total. The highest BCUT2D eigenvalue weighted by atomic mass is 35.5. The summed E-state index contributed by atoms with van der Waals surface area (Å²) in [5.74, 6) is -0.343. The summed E-state index contributed by atoms with van der Waals surface area (Å²) in [6, 6.07) is 7.81. The Balaban J connectivity index is 0.00000288. The number of nitrogens with two attached hydrogens (primary N) is 2. The number of aliphatic imine (C=N–C) groups is 2. The van der Waals surface area contributed by atoms with E-state index in [2.05, 4.69) is 20.3 Å². The molecule has 24 heavy (non-hydrogen) atoms. The normalized spacial score (nSPS) is 12.5. The molecule has 0 amide bonds. The summed E-state index contributed by atoms with van der Waals surface area (Å²) in [5.41, 5.74) is 11.0. The number of nitrogens with zero attached hydrogens (tertiary/aromatic N) is 3. The number of anilines is 1. The summed E-state index contributed by atoms with van der Waals surface area (Å²) >= 11 is 0. The van der Waals surface area contributed by atoms with E-state index in [1.165, 1.54) is 18.3 Å². The van der Waals surface area contributed by atoms with Crippen LogP contribution in [0.25, 0.3) is 0 Å². The van der Waals surface area contributed by atoms with E-state index in [0.29, 0.717) is 5.69 Å². The van der Waals surface area contributed by atoms with Crippen LogP contribution in [0, 0.1) is 0 Å². The van der Waals surface area contributed by atoms with Crippen LogP contribution < -0.4 is 16.8 Å². The Kier molecular flexibility index (Phi) is 6.54. The van der Waals surface area contributed by atoms with Gasteiger partial charge in [0.25, 0.3) is 0 Å². The molecule has 0 unspecified atom stereocenters.